The predicted molar refractivity (Wildman–Crippen MR) is 91.5 cm³/mol. The van der Waals surface area contributed by atoms with Gasteiger partial charge in [-0.1, -0.05) is 30.3 Å². The van der Waals surface area contributed by atoms with Crippen molar-refractivity contribution in [3.05, 3.63) is 41.6 Å². The number of hydrogen-bond acceptors (Lipinski definition) is 4. The molecule has 6 heteroatoms. The fourth-order valence-corrected chi connectivity index (χ4v) is 2.20. The molecule has 1 aromatic rings. The van der Waals surface area contributed by atoms with Gasteiger partial charge in [-0.25, -0.2) is 0 Å². The van der Waals surface area contributed by atoms with Crippen LogP contribution in [-0.2, 0) is 9.59 Å². The van der Waals surface area contributed by atoms with Crippen LogP contribution in [0.4, 0.5) is 0 Å². The lowest BCUT2D eigenvalue weighted by Crippen LogP contribution is -2.35. The summed E-state index contributed by atoms with van der Waals surface area (Å²) in [6.07, 6.45) is 8.78. The van der Waals surface area contributed by atoms with Gasteiger partial charge in [0, 0.05) is 32.7 Å². The number of amides is 2. The molecule has 6 nitrogen and oxygen atoms in total. The Morgan fingerprint density at radius 2 is 1.96 bits per heavy atom. The molecule has 1 heterocycles. The average Bonchev–Trinajstić information content (AvgIpc) is 3.33. The van der Waals surface area contributed by atoms with Crippen molar-refractivity contribution in [3.63, 3.8) is 0 Å². The van der Waals surface area contributed by atoms with E-state index in [1.807, 2.05) is 30.3 Å². The van der Waals surface area contributed by atoms with Crippen molar-refractivity contribution in [1.82, 2.24) is 10.6 Å². The summed E-state index contributed by atoms with van der Waals surface area (Å²) in [6, 6.07) is 9.31. The molecule has 1 aliphatic rings. The fourth-order valence-electron chi connectivity index (χ4n) is 2.20. The number of nitrogens with one attached hydrogen (secondary N) is 2. The standard InChI is InChI=1S/C18H20N4O2/c1-3-4-10-18(21-22-18)11-12-19-17(24)16(20-14(2)23)13-15-8-6-5-7-9-15/h1,5-9,13H,4,10-12H2,2H3,(H,19,24)(H,20,23)/b16-13-. The van der Waals surface area contributed by atoms with Crippen LogP contribution in [0.15, 0.2) is 46.3 Å². The molecular weight excluding hydrogens is 304 g/mol. The van der Waals surface area contributed by atoms with E-state index in [0.29, 0.717) is 25.8 Å². The van der Waals surface area contributed by atoms with Crippen LogP contribution in [0.1, 0.15) is 31.7 Å². The first-order valence-electron chi connectivity index (χ1n) is 7.75. The lowest BCUT2D eigenvalue weighted by molar-refractivity contribution is -0.122. The zero-order valence-corrected chi connectivity index (χ0v) is 13.6. The van der Waals surface area contributed by atoms with E-state index < -0.39 is 5.66 Å². The molecule has 0 saturated carbocycles. The highest BCUT2D eigenvalue weighted by Crippen LogP contribution is 2.35. The van der Waals surface area contributed by atoms with Crippen molar-refractivity contribution < 1.29 is 9.59 Å². The maximum atomic E-state index is 12.3. The van der Waals surface area contributed by atoms with E-state index in [2.05, 4.69) is 26.8 Å². The van der Waals surface area contributed by atoms with Gasteiger partial charge < -0.3 is 10.6 Å². The van der Waals surface area contributed by atoms with E-state index in [1.54, 1.807) is 6.08 Å². The largest absolute Gasteiger partial charge is 0.351 e. The summed E-state index contributed by atoms with van der Waals surface area (Å²) in [4.78, 5) is 23.6. The third-order valence-corrected chi connectivity index (χ3v) is 3.53. The molecule has 0 aliphatic carbocycles. The van der Waals surface area contributed by atoms with Crippen LogP contribution in [0.2, 0.25) is 0 Å². The summed E-state index contributed by atoms with van der Waals surface area (Å²) < 4.78 is 0. The lowest BCUT2D eigenvalue weighted by Gasteiger charge is -2.12. The van der Waals surface area contributed by atoms with Gasteiger partial charge in [0.15, 0.2) is 5.66 Å². The number of carbonyl (C=O) groups excluding carboxylic acids is 2. The van der Waals surface area contributed by atoms with Crippen LogP contribution < -0.4 is 10.6 Å². The normalized spacial score (nSPS) is 14.6. The van der Waals surface area contributed by atoms with Gasteiger partial charge in [0.2, 0.25) is 5.91 Å². The molecule has 0 fully saturated rings. The van der Waals surface area contributed by atoms with Gasteiger partial charge in [-0.05, 0) is 11.6 Å². The molecule has 0 saturated heterocycles. The van der Waals surface area contributed by atoms with Crippen LogP contribution in [0.3, 0.4) is 0 Å². The minimum atomic E-state index is -0.434. The molecule has 1 aromatic carbocycles. The van der Waals surface area contributed by atoms with Crippen LogP contribution in [0.5, 0.6) is 0 Å². The van der Waals surface area contributed by atoms with Gasteiger partial charge >= 0.3 is 0 Å². The Morgan fingerprint density at radius 1 is 1.25 bits per heavy atom. The second-order valence-corrected chi connectivity index (χ2v) is 5.54. The minimum Gasteiger partial charge on any atom is -0.351 e. The number of benzene rings is 1. The number of nitrogens with zero attached hydrogens (tertiary/aromatic N) is 2. The second-order valence-electron chi connectivity index (χ2n) is 5.54. The van der Waals surface area contributed by atoms with Crippen molar-refractivity contribution in [3.8, 4) is 12.3 Å². The molecule has 24 heavy (non-hydrogen) atoms. The highest BCUT2D eigenvalue weighted by Gasteiger charge is 2.38. The zero-order chi connectivity index (χ0) is 17.4. The summed E-state index contributed by atoms with van der Waals surface area (Å²) in [7, 11) is 0. The molecule has 2 N–H and O–H groups in total. The summed E-state index contributed by atoms with van der Waals surface area (Å²) in [6.45, 7) is 1.77. The van der Waals surface area contributed by atoms with Crippen molar-refractivity contribution in [2.24, 2.45) is 10.2 Å². The number of rotatable bonds is 8. The highest BCUT2D eigenvalue weighted by atomic mass is 16.2. The monoisotopic (exact) mass is 324 g/mol. The van der Waals surface area contributed by atoms with Gasteiger partial charge in [-0.2, -0.15) is 10.2 Å². The van der Waals surface area contributed by atoms with Crippen LogP contribution in [0, 0.1) is 12.3 Å². The third-order valence-electron chi connectivity index (χ3n) is 3.53. The first-order chi connectivity index (χ1) is 11.5. The Bertz CT molecular complexity index is 695. The number of carbonyl (C=O) groups is 2. The first kappa shape index (κ1) is 17.4. The smallest absolute Gasteiger partial charge is 0.267 e. The lowest BCUT2D eigenvalue weighted by atomic mass is 10.0. The Morgan fingerprint density at radius 3 is 2.54 bits per heavy atom. The summed E-state index contributed by atoms with van der Waals surface area (Å²) in [5.41, 5.74) is 0.599. The maximum Gasteiger partial charge on any atom is 0.267 e. The number of hydrogen-bond donors (Lipinski definition) is 2. The Hall–Kier alpha value is -2.94. The van der Waals surface area contributed by atoms with E-state index in [9.17, 15) is 9.59 Å². The first-order valence-corrected chi connectivity index (χ1v) is 7.75. The minimum absolute atomic E-state index is 0.205. The molecule has 0 radical (unpaired) electrons. The Labute approximate surface area is 141 Å². The molecular formula is C18H20N4O2. The zero-order valence-electron chi connectivity index (χ0n) is 13.6. The molecule has 124 valence electrons. The molecule has 0 bridgehead atoms. The van der Waals surface area contributed by atoms with Gasteiger partial charge in [0.1, 0.15) is 5.70 Å². The van der Waals surface area contributed by atoms with Crippen LogP contribution in [-0.4, -0.2) is 24.0 Å². The van der Waals surface area contributed by atoms with E-state index in [1.165, 1.54) is 6.92 Å². The van der Waals surface area contributed by atoms with Crippen LogP contribution in [0.25, 0.3) is 6.08 Å². The Kier molecular flexibility index (Phi) is 5.85. The average molecular weight is 324 g/mol. The topological polar surface area (TPSA) is 82.9 Å². The predicted octanol–water partition coefficient (Wildman–Crippen LogP) is 2.25. The van der Waals surface area contributed by atoms with E-state index in [4.69, 9.17) is 6.42 Å². The summed E-state index contributed by atoms with van der Waals surface area (Å²) in [5, 5.41) is 13.4. The molecule has 0 atom stereocenters. The van der Waals surface area contributed by atoms with E-state index >= 15 is 0 Å². The van der Waals surface area contributed by atoms with Crippen molar-refractivity contribution in [2.75, 3.05) is 6.54 Å². The summed E-state index contributed by atoms with van der Waals surface area (Å²) >= 11 is 0. The molecule has 0 spiro atoms. The van der Waals surface area contributed by atoms with Gasteiger partial charge in [-0.3, -0.25) is 9.59 Å². The van der Waals surface area contributed by atoms with Crippen molar-refractivity contribution >= 4 is 17.9 Å². The Balaban J connectivity index is 1.92. The molecule has 2 rings (SSSR count). The maximum absolute atomic E-state index is 12.3. The van der Waals surface area contributed by atoms with Crippen LogP contribution >= 0.6 is 0 Å². The number of terminal acetylenes is 1. The molecule has 2 amide bonds. The van der Waals surface area contributed by atoms with E-state index in [0.717, 1.165) is 5.56 Å². The highest BCUT2D eigenvalue weighted by molar-refractivity contribution is 6.00. The van der Waals surface area contributed by atoms with E-state index in [-0.39, 0.29) is 17.5 Å². The SMILES string of the molecule is C#CCCC1(CCNC(=O)/C(=C/c2ccccc2)NC(C)=O)N=N1. The van der Waals surface area contributed by atoms with Crippen molar-refractivity contribution in [1.29, 1.82) is 0 Å². The molecule has 1 aliphatic heterocycles. The van der Waals surface area contributed by atoms with Gasteiger partial charge in [0.05, 0.1) is 0 Å². The third kappa shape index (κ3) is 5.36. The summed E-state index contributed by atoms with van der Waals surface area (Å²) in [5.74, 6) is 1.92. The van der Waals surface area contributed by atoms with Crippen molar-refractivity contribution in [2.45, 2.75) is 31.8 Å². The quantitative estimate of drug-likeness (QED) is 0.568. The van der Waals surface area contributed by atoms with Gasteiger partial charge in [-0.15, -0.1) is 12.3 Å². The fraction of sp³-hybridized carbons (Fsp3) is 0.333. The molecule has 0 aromatic heterocycles. The second kappa shape index (κ2) is 8.06. The molecule has 0 unspecified atom stereocenters. The van der Waals surface area contributed by atoms with Gasteiger partial charge in [0.25, 0.3) is 5.91 Å².